The van der Waals surface area contributed by atoms with Gasteiger partial charge in [-0.25, -0.2) is 4.79 Å². The fraction of sp³-hybridized carbons (Fsp3) is 0.471. The van der Waals surface area contributed by atoms with Crippen LogP contribution in [-0.4, -0.2) is 47.8 Å². The van der Waals surface area contributed by atoms with Gasteiger partial charge in [0.2, 0.25) is 0 Å². The summed E-state index contributed by atoms with van der Waals surface area (Å²) in [5, 5.41) is 21.5. The number of nitrogens with one attached hydrogen (secondary N) is 1. The smallest absolute Gasteiger partial charge is 0.411 e. The number of aliphatic hydroxyl groups excluding tert-OH is 2. The highest BCUT2D eigenvalue weighted by atomic mass is 16.6. The monoisotopic (exact) mass is 323 g/mol. The lowest BCUT2D eigenvalue weighted by molar-refractivity contribution is -0.0838. The Labute approximate surface area is 136 Å². The lowest BCUT2D eigenvalue weighted by atomic mass is 10.1. The summed E-state index contributed by atoms with van der Waals surface area (Å²) < 4.78 is 10.7. The molecule has 0 aliphatic rings. The Bertz CT molecular complexity index is 491. The molecule has 0 heterocycles. The number of hydrogen-bond donors (Lipinski definition) is 3. The normalized spacial score (nSPS) is 14.6. The number of anilines is 1. The van der Waals surface area contributed by atoms with Gasteiger partial charge in [-0.2, -0.15) is 0 Å². The molecule has 3 N–H and O–H groups in total. The Morgan fingerprint density at radius 2 is 2.00 bits per heavy atom. The van der Waals surface area contributed by atoms with Crippen LogP contribution >= 0.6 is 0 Å². The van der Waals surface area contributed by atoms with Crippen molar-refractivity contribution < 1.29 is 24.5 Å². The van der Waals surface area contributed by atoms with E-state index in [1.807, 2.05) is 19.9 Å². The minimum Gasteiger partial charge on any atom is -0.449 e. The molecule has 0 saturated heterocycles. The molecular weight excluding hydrogens is 298 g/mol. The maximum absolute atomic E-state index is 11.7. The van der Waals surface area contributed by atoms with Crippen molar-refractivity contribution in [2.75, 3.05) is 18.5 Å². The molecule has 1 rings (SSSR count). The van der Waals surface area contributed by atoms with Gasteiger partial charge in [-0.15, -0.1) is 0 Å². The number of carbonyl (C=O) groups excluding carboxylic acids is 1. The van der Waals surface area contributed by atoms with Gasteiger partial charge in [-0.1, -0.05) is 30.4 Å². The lowest BCUT2D eigenvalue weighted by Gasteiger charge is -2.25. The topological polar surface area (TPSA) is 88.0 Å². The Morgan fingerprint density at radius 1 is 1.35 bits per heavy atom. The molecule has 6 heteroatoms. The minimum absolute atomic E-state index is 0.0588. The van der Waals surface area contributed by atoms with Crippen LogP contribution in [0.5, 0.6) is 0 Å². The first-order chi connectivity index (χ1) is 10.9. The van der Waals surface area contributed by atoms with Gasteiger partial charge in [0.15, 0.2) is 0 Å². The third-order valence-electron chi connectivity index (χ3n) is 3.34. The zero-order chi connectivity index (χ0) is 17.2. The second-order valence-electron chi connectivity index (χ2n) is 5.33. The van der Waals surface area contributed by atoms with Crippen molar-refractivity contribution in [3.8, 4) is 0 Å². The Morgan fingerprint density at radius 3 is 2.57 bits per heavy atom. The first kappa shape index (κ1) is 19.2. The number of benzene rings is 1. The molecule has 1 aromatic carbocycles. The summed E-state index contributed by atoms with van der Waals surface area (Å²) in [5.41, 5.74) is 1.44. The molecule has 6 nitrogen and oxygen atoms in total. The van der Waals surface area contributed by atoms with Crippen molar-refractivity contribution in [2.24, 2.45) is 0 Å². The number of para-hydroxylation sites is 1. The lowest BCUT2D eigenvalue weighted by Crippen LogP contribution is -2.36. The Balaban J connectivity index is 2.42. The summed E-state index contributed by atoms with van der Waals surface area (Å²) in [6.07, 6.45) is -2.27. The van der Waals surface area contributed by atoms with E-state index in [-0.39, 0.29) is 19.1 Å². The van der Waals surface area contributed by atoms with Gasteiger partial charge in [0.05, 0.1) is 25.4 Å². The molecule has 3 atom stereocenters. The number of carbonyl (C=O) groups is 1. The zero-order valence-corrected chi connectivity index (χ0v) is 13.6. The maximum atomic E-state index is 11.7. The van der Waals surface area contributed by atoms with Crippen LogP contribution in [-0.2, 0) is 9.47 Å². The van der Waals surface area contributed by atoms with Gasteiger partial charge in [0, 0.05) is 12.1 Å². The highest BCUT2D eigenvalue weighted by Crippen LogP contribution is 2.13. The van der Waals surface area contributed by atoms with Crippen LogP contribution in [0.25, 0.3) is 0 Å². The van der Waals surface area contributed by atoms with Crippen LogP contribution in [0.2, 0.25) is 0 Å². The fourth-order valence-electron chi connectivity index (χ4n) is 1.79. The van der Waals surface area contributed by atoms with E-state index in [0.29, 0.717) is 5.69 Å². The van der Waals surface area contributed by atoms with Gasteiger partial charge < -0.3 is 19.7 Å². The summed E-state index contributed by atoms with van der Waals surface area (Å²) in [6.45, 7) is 7.04. The first-order valence-electron chi connectivity index (χ1n) is 7.52. The second kappa shape index (κ2) is 9.99. The molecular formula is C17H25NO5. The van der Waals surface area contributed by atoms with Crippen molar-refractivity contribution >= 4 is 11.8 Å². The van der Waals surface area contributed by atoms with Crippen LogP contribution in [0.3, 0.4) is 0 Å². The van der Waals surface area contributed by atoms with Crippen molar-refractivity contribution in [2.45, 2.75) is 38.6 Å². The van der Waals surface area contributed by atoms with Crippen LogP contribution in [0, 0.1) is 0 Å². The molecule has 0 fully saturated rings. The fourth-order valence-corrected chi connectivity index (χ4v) is 1.79. The van der Waals surface area contributed by atoms with Gasteiger partial charge in [0.25, 0.3) is 0 Å². The quantitative estimate of drug-likeness (QED) is 0.607. The molecule has 1 aromatic rings. The summed E-state index contributed by atoms with van der Waals surface area (Å²) in [6, 6.07) is 8.94. The van der Waals surface area contributed by atoms with Crippen LogP contribution < -0.4 is 5.32 Å². The number of rotatable bonds is 9. The van der Waals surface area contributed by atoms with Gasteiger partial charge in [-0.05, 0) is 26.0 Å². The standard InChI is InChI=1S/C17H25NO5/c1-12(2)13(3)23-16(15(20)11-19)9-10-22-17(21)18-14-7-5-4-6-8-14/h4-8,13,15-16,19-20H,1,9-11H2,2-3H3,(H,18,21). The predicted molar refractivity (Wildman–Crippen MR) is 88.3 cm³/mol. The van der Waals surface area contributed by atoms with Crippen LogP contribution in [0.4, 0.5) is 10.5 Å². The minimum atomic E-state index is -1.04. The number of hydrogen-bond acceptors (Lipinski definition) is 5. The summed E-state index contributed by atoms with van der Waals surface area (Å²) in [7, 11) is 0. The van der Waals surface area contributed by atoms with Gasteiger partial charge in [0.1, 0.15) is 6.10 Å². The molecule has 3 unspecified atom stereocenters. The highest BCUT2D eigenvalue weighted by molar-refractivity contribution is 5.84. The average molecular weight is 323 g/mol. The molecule has 0 bridgehead atoms. The van der Waals surface area contributed by atoms with Crippen LogP contribution in [0.1, 0.15) is 20.3 Å². The van der Waals surface area contributed by atoms with E-state index < -0.39 is 24.9 Å². The van der Waals surface area contributed by atoms with Crippen LogP contribution in [0.15, 0.2) is 42.5 Å². The van der Waals surface area contributed by atoms with Gasteiger partial charge in [-0.3, -0.25) is 5.32 Å². The number of aliphatic hydroxyl groups is 2. The van der Waals surface area contributed by atoms with E-state index in [0.717, 1.165) is 5.57 Å². The summed E-state index contributed by atoms with van der Waals surface area (Å²) in [4.78, 5) is 11.7. The molecule has 0 aliphatic heterocycles. The van der Waals surface area contributed by atoms with E-state index in [9.17, 15) is 9.90 Å². The third kappa shape index (κ3) is 7.27. The SMILES string of the molecule is C=C(C)C(C)OC(CCOC(=O)Nc1ccccc1)C(O)CO. The molecule has 128 valence electrons. The summed E-state index contributed by atoms with van der Waals surface area (Å²) in [5.74, 6) is 0. The van der Waals surface area contributed by atoms with E-state index in [2.05, 4.69) is 11.9 Å². The third-order valence-corrected chi connectivity index (χ3v) is 3.34. The molecule has 0 radical (unpaired) electrons. The highest BCUT2D eigenvalue weighted by Gasteiger charge is 2.22. The van der Waals surface area contributed by atoms with Crippen molar-refractivity contribution in [1.82, 2.24) is 0 Å². The first-order valence-corrected chi connectivity index (χ1v) is 7.52. The Hall–Kier alpha value is -1.89. The summed E-state index contributed by atoms with van der Waals surface area (Å²) >= 11 is 0. The molecule has 0 saturated carbocycles. The molecule has 0 aliphatic carbocycles. The van der Waals surface area contributed by atoms with E-state index in [1.165, 1.54) is 0 Å². The van der Waals surface area contributed by atoms with E-state index >= 15 is 0 Å². The van der Waals surface area contributed by atoms with Crippen molar-refractivity contribution in [1.29, 1.82) is 0 Å². The van der Waals surface area contributed by atoms with Crippen molar-refractivity contribution in [3.63, 3.8) is 0 Å². The molecule has 0 aromatic heterocycles. The van der Waals surface area contributed by atoms with Crippen molar-refractivity contribution in [3.05, 3.63) is 42.5 Å². The zero-order valence-electron chi connectivity index (χ0n) is 13.6. The largest absolute Gasteiger partial charge is 0.449 e. The second-order valence-corrected chi connectivity index (χ2v) is 5.33. The molecule has 0 spiro atoms. The van der Waals surface area contributed by atoms with E-state index in [4.69, 9.17) is 14.6 Å². The number of ether oxygens (including phenoxy) is 2. The van der Waals surface area contributed by atoms with E-state index in [1.54, 1.807) is 24.3 Å². The average Bonchev–Trinajstić information content (AvgIpc) is 2.53. The maximum Gasteiger partial charge on any atom is 0.411 e. The van der Waals surface area contributed by atoms with Gasteiger partial charge >= 0.3 is 6.09 Å². The number of amides is 1. The Kier molecular flexibility index (Phi) is 8.32. The molecule has 23 heavy (non-hydrogen) atoms. The molecule has 1 amide bonds. The predicted octanol–water partition coefficient (Wildman–Crippen LogP) is 2.33.